The highest BCUT2D eigenvalue weighted by Crippen LogP contribution is 2.22. The van der Waals surface area contributed by atoms with E-state index in [1.807, 2.05) is 13.8 Å². The van der Waals surface area contributed by atoms with Gasteiger partial charge < -0.3 is 5.73 Å². The molecule has 7 nitrogen and oxygen atoms in total. The molecular formula is C16H29N3O4S2. The minimum Gasteiger partial charge on any atom is -0.329 e. The van der Waals surface area contributed by atoms with Crippen molar-refractivity contribution in [2.75, 3.05) is 19.6 Å². The van der Waals surface area contributed by atoms with Crippen molar-refractivity contribution >= 4 is 20.0 Å². The van der Waals surface area contributed by atoms with Crippen molar-refractivity contribution < 1.29 is 16.8 Å². The number of nitrogens with one attached hydrogen (secondary N) is 1. The van der Waals surface area contributed by atoms with Gasteiger partial charge >= 0.3 is 0 Å². The van der Waals surface area contributed by atoms with Crippen LogP contribution in [0.25, 0.3) is 0 Å². The van der Waals surface area contributed by atoms with Crippen molar-refractivity contribution in [2.45, 2.75) is 55.9 Å². The van der Waals surface area contributed by atoms with Crippen molar-refractivity contribution in [3.8, 4) is 0 Å². The van der Waals surface area contributed by atoms with E-state index < -0.39 is 25.6 Å². The second kappa shape index (κ2) is 8.59. The zero-order valence-electron chi connectivity index (χ0n) is 15.3. The van der Waals surface area contributed by atoms with Crippen LogP contribution in [0.2, 0.25) is 0 Å². The maximum Gasteiger partial charge on any atom is 0.243 e. The average molecular weight is 392 g/mol. The normalized spacial score (nSPS) is 13.4. The molecule has 0 spiro atoms. The van der Waals surface area contributed by atoms with Gasteiger partial charge in [0, 0.05) is 25.2 Å². The fourth-order valence-electron chi connectivity index (χ4n) is 2.58. The minimum absolute atomic E-state index is 0.0366. The Kier molecular flexibility index (Phi) is 7.57. The topological polar surface area (TPSA) is 110 Å². The van der Waals surface area contributed by atoms with Gasteiger partial charge in [0.05, 0.1) is 9.79 Å². The van der Waals surface area contributed by atoms with E-state index in [4.69, 9.17) is 5.73 Å². The molecule has 1 aromatic carbocycles. The van der Waals surface area contributed by atoms with Crippen LogP contribution in [0.15, 0.2) is 34.1 Å². The molecule has 3 N–H and O–H groups in total. The third kappa shape index (κ3) is 4.79. The Labute approximate surface area is 151 Å². The molecule has 9 heteroatoms. The molecule has 0 aliphatic heterocycles. The Hall–Kier alpha value is -1.00. The Morgan fingerprint density at radius 1 is 1.00 bits per heavy atom. The Morgan fingerprint density at radius 3 is 1.96 bits per heavy atom. The molecule has 144 valence electrons. The van der Waals surface area contributed by atoms with Crippen LogP contribution in [0.3, 0.4) is 0 Å². The summed E-state index contributed by atoms with van der Waals surface area (Å²) in [5.74, 6) is 0. The molecular weight excluding hydrogens is 362 g/mol. The van der Waals surface area contributed by atoms with Crippen LogP contribution in [-0.4, -0.2) is 46.3 Å². The number of nitrogens with zero attached hydrogens (tertiary/aromatic N) is 1. The Balaban J connectivity index is 3.33. The molecule has 0 unspecified atom stereocenters. The summed E-state index contributed by atoms with van der Waals surface area (Å²) in [5, 5.41) is 0. The van der Waals surface area contributed by atoms with Gasteiger partial charge in [-0.2, -0.15) is 4.31 Å². The number of hydrogen-bond acceptors (Lipinski definition) is 5. The first-order valence-electron chi connectivity index (χ1n) is 8.46. The number of hydrogen-bond donors (Lipinski definition) is 2. The van der Waals surface area contributed by atoms with E-state index in [0.717, 1.165) is 0 Å². The smallest absolute Gasteiger partial charge is 0.243 e. The van der Waals surface area contributed by atoms with Gasteiger partial charge in [0.1, 0.15) is 0 Å². The maximum absolute atomic E-state index is 12.7. The molecule has 0 aliphatic carbocycles. The van der Waals surface area contributed by atoms with Crippen molar-refractivity contribution in [1.29, 1.82) is 0 Å². The summed E-state index contributed by atoms with van der Waals surface area (Å²) in [4.78, 5) is -0.120. The fraction of sp³-hybridized carbons (Fsp3) is 0.625. The summed E-state index contributed by atoms with van der Waals surface area (Å²) in [6.07, 6.45) is 1.08. The first-order chi connectivity index (χ1) is 11.6. The van der Waals surface area contributed by atoms with Gasteiger partial charge in [-0.15, -0.1) is 0 Å². The van der Waals surface area contributed by atoms with E-state index >= 15 is 0 Å². The molecule has 1 rings (SSSR count). The fourth-order valence-corrected chi connectivity index (χ4v) is 5.76. The van der Waals surface area contributed by atoms with Crippen LogP contribution in [0.5, 0.6) is 0 Å². The standard InChI is InChI=1S/C16H29N3O4S2/c1-5-16(6-2,13-17)18-24(20,21)14-10-9-11-15(12-14)25(22,23)19(7-3)8-4/h9-12,18H,5-8,13,17H2,1-4H3. The summed E-state index contributed by atoms with van der Waals surface area (Å²) in [6.45, 7) is 7.99. The van der Waals surface area contributed by atoms with Gasteiger partial charge in [0.2, 0.25) is 20.0 Å². The van der Waals surface area contributed by atoms with Crippen LogP contribution < -0.4 is 10.5 Å². The minimum atomic E-state index is -3.89. The predicted octanol–water partition coefficient (Wildman–Crippen LogP) is 1.51. The molecule has 0 radical (unpaired) electrons. The number of sulfonamides is 2. The molecule has 0 aliphatic rings. The third-order valence-corrected chi connectivity index (χ3v) is 8.18. The quantitative estimate of drug-likeness (QED) is 0.628. The molecule has 0 fully saturated rings. The van der Waals surface area contributed by atoms with Gasteiger partial charge in [0.15, 0.2) is 0 Å². The molecule has 0 aromatic heterocycles. The van der Waals surface area contributed by atoms with Gasteiger partial charge in [-0.25, -0.2) is 21.6 Å². The predicted molar refractivity (Wildman–Crippen MR) is 99.2 cm³/mol. The van der Waals surface area contributed by atoms with E-state index in [9.17, 15) is 16.8 Å². The first-order valence-corrected chi connectivity index (χ1v) is 11.4. The van der Waals surface area contributed by atoms with Crippen LogP contribution in [0, 0.1) is 0 Å². The van der Waals surface area contributed by atoms with E-state index in [0.29, 0.717) is 25.9 Å². The first kappa shape index (κ1) is 22.0. The lowest BCUT2D eigenvalue weighted by Crippen LogP contribution is -2.52. The summed E-state index contributed by atoms with van der Waals surface area (Å²) < 4.78 is 54.6. The molecule has 0 bridgehead atoms. The summed E-state index contributed by atoms with van der Waals surface area (Å²) in [5.41, 5.74) is 5.02. The van der Waals surface area contributed by atoms with Crippen molar-refractivity contribution in [3.63, 3.8) is 0 Å². The summed E-state index contributed by atoms with van der Waals surface area (Å²) >= 11 is 0. The Bertz CT molecular complexity index is 760. The van der Waals surface area contributed by atoms with Crippen molar-refractivity contribution in [2.24, 2.45) is 5.73 Å². The highest BCUT2D eigenvalue weighted by Gasteiger charge is 2.31. The molecule has 0 saturated heterocycles. The molecule has 25 heavy (non-hydrogen) atoms. The summed E-state index contributed by atoms with van der Waals surface area (Å²) in [6, 6.07) is 5.42. The zero-order chi connectivity index (χ0) is 19.3. The second-order valence-electron chi connectivity index (χ2n) is 5.86. The lowest BCUT2D eigenvalue weighted by atomic mass is 9.95. The van der Waals surface area contributed by atoms with E-state index in [1.165, 1.54) is 28.6 Å². The van der Waals surface area contributed by atoms with Crippen LogP contribution in [-0.2, 0) is 20.0 Å². The Morgan fingerprint density at radius 2 is 1.52 bits per heavy atom. The average Bonchev–Trinajstić information content (AvgIpc) is 2.60. The molecule has 0 heterocycles. The third-order valence-electron chi connectivity index (χ3n) is 4.55. The molecule has 0 saturated carbocycles. The zero-order valence-corrected chi connectivity index (χ0v) is 17.0. The molecule has 0 atom stereocenters. The van der Waals surface area contributed by atoms with E-state index in [-0.39, 0.29) is 16.3 Å². The molecule has 1 aromatic rings. The van der Waals surface area contributed by atoms with Crippen molar-refractivity contribution in [1.82, 2.24) is 9.03 Å². The number of nitrogens with two attached hydrogens (primary N) is 1. The van der Waals surface area contributed by atoms with Crippen LogP contribution in [0.4, 0.5) is 0 Å². The monoisotopic (exact) mass is 391 g/mol. The largest absolute Gasteiger partial charge is 0.329 e. The number of benzene rings is 1. The highest BCUT2D eigenvalue weighted by molar-refractivity contribution is 7.90. The van der Waals surface area contributed by atoms with Gasteiger partial charge in [-0.3, -0.25) is 0 Å². The summed E-state index contributed by atoms with van der Waals surface area (Å²) in [7, 11) is -7.62. The lowest BCUT2D eigenvalue weighted by molar-refractivity contribution is 0.363. The van der Waals surface area contributed by atoms with Crippen LogP contribution in [0.1, 0.15) is 40.5 Å². The van der Waals surface area contributed by atoms with E-state index in [1.54, 1.807) is 13.8 Å². The SMILES string of the molecule is CCN(CC)S(=O)(=O)c1cccc(S(=O)(=O)NC(CC)(CC)CN)c1. The van der Waals surface area contributed by atoms with Gasteiger partial charge in [0.25, 0.3) is 0 Å². The lowest BCUT2D eigenvalue weighted by Gasteiger charge is -2.31. The van der Waals surface area contributed by atoms with Gasteiger partial charge in [-0.1, -0.05) is 33.8 Å². The van der Waals surface area contributed by atoms with Gasteiger partial charge in [-0.05, 0) is 31.0 Å². The van der Waals surface area contributed by atoms with Crippen LogP contribution >= 0.6 is 0 Å². The second-order valence-corrected chi connectivity index (χ2v) is 9.48. The molecule has 0 amide bonds. The number of rotatable bonds is 10. The highest BCUT2D eigenvalue weighted by atomic mass is 32.2. The van der Waals surface area contributed by atoms with E-state index in [2.05, 4.69) is 4.72 Å². The maximum atomic E-state index is 12.7. The van der Waals surface area contributed by atoms with Crippen molar-refractivity contribution in [3.05, 3.63) is 24.3 Å².